The molecule has 0 heterocycles. The fraction of sp³-hybridized carbons (Fsp3) is 0.438. The van der Waals surface area contributed by atoms with Gasteiger partial charge in [0.15, 0.2) is 0 Å². The average Bonchev–Trinajstić information content (AvgIpc) is 3.00. The molecule has 2 nitrogen and oxygen atoms in total. The van der Waals surface area contributed by atoms with Gasteiger partial charge >= 0.3 is 0 Å². The monoisotopic (exact) mass is 275 g/mol. The smallest absolute Gasteiger partial charge is 0.228 e. The number of fused-ring (bicyclic) bond motifs is 1. The second kappa shape index (κ2) is 5.38. The highest BCUT2D eigenvalue weighted by Crippen LogP contribution is 2.51. The van der Waals surface area contributed by atoms with E-state index in [1.807, 2.05) is 18.2 Å². The first-order chi connectivity index (χ1) is 9.25. The van der Waals surface area contributed by atoms with Gasteiger partial charge < -0.3 is 5.32 Å². The van der Waals surface area contributed by atoms with Gasteiger partial charge in [-0.3, -0.25) is 4.79 Å². The van der Waals surface area contributed by atoms with Crippen LogP contribution in [0.15, 0.2) is 36.4 Å². The first-order valence-electron chi connectivity index (χ1n) is 6.99. The number of hydrogen-bond acceptors (Lipinski definition) is 1. The van der Waals surface area contributed by atoms with E-state index in [-0.39, 0.29) is 11.8 Å². The van der Waals surface area contributed by atoms with Gasteiger partial charge in [-0.25, -0.2) is 0 Å². The Hall–Kier alpha value is -1.28. The normalized spacial score (nSPS) is 30.7. The summed E-state index contributed by atoms with van der Waals surface area (Å²) in [5.74, 6) is 1.31. The number of anilines is 1. The summed E-state index contributed by atoms with van der Waals surface area (Å²) in [6.45, 7) is 0. The number of hydrogen-bond donors (Lipinski definition) is 1. The molecule has 0 bridgehead atoms. The van der Waals surface area contributed by atoms with Crippen molar-refractivity contribution in [3.8, 4) is 0 Å². The number of amides is 1. The van der Waals surface area contributed by atoms with Crippen molar-refractivity contribution in [2.45, 2.75) is 25.7 Å². The van der Waals surface area contributed by atoms with E-state index in [0.29, 0.717) is 16.9 Å². The predicted octanol–water partition coefficient (Wildman–Crippen LogP) is 4.27. The summed E-state index contributed by atoms with van der Waals surface area (Å²) in [7, 11) is 0. The molecule has 0 radical (unpaired) electrons. The Morgan fingerprint density at radius 3 is 3.05 bits per heavy atom. The predicted molar refractivity (Wildman–Crippen MR) is 78.2 cm³/mol. The molecule has 19 heavy (non-hydrogen) atoms. The molecule has 0 unspecified atom stereocenters. The molecule has 1 fully saturated rings. The molecule has 3 rings (SSSR count). The highest BCUT2D eigenvalue weighted by Gasteiger charge is 2.52. The molecule has 100 valence electrons. The van der Waals surface area contributed by atoms with E-state index >= 15 is 0 Å². The van der Waals surface area contributed by atoms with E-state index in [1.165, 1.54) is 19.3 Å². The van der Waals surface area contributed by atoms with Crippen LogP contribution in [0.4, 0.5) is 5.69 Å². The molecule has 1 amide bonds. The Morgan fingerprint density at radius 1 is 1.32 bits per heavy atom. The van der Waals surface area contributed by atoms with Gasteiger partial charge in [0.25, 0.3) is 0 Å². The summed E-state index contributed by atoms with van der Waals surface area (Å²) >= 11 is 5.93. The lowest BCUT2D eigenvalue weighted by Gasteiger charge is -2.05. The second-order valence-corrected chi connectivity index (χ2v) is 5.92. The number of nitrogens with one attached hydrogen (secondary N) is 1. The standard InChI is InChI=1S/C16H18ClNO/c17-11-6-5-7-12(10-11)18-16(19)15-13-8-3-1-2-4-9-14(13)15/h3,5-8,10,13-15H,1-2,4,9H2,(H,18,19)/b8-3-/t13-,14+,15+/m0/s1. The van der Waals surface area contributed by atoms with Crippen LogP contribution in [0.25, 0.3) is 0 Å². The first kappa shape index (κ1) is 12.7. The molecule has 1 aromatic rings. The lowest BCUT2D eigenvalue weighted by atomic mass is 10.1. The molecule has 2 aliphatic carbocycles. The summed E-state index contributed by atoms with van der Waals surface area (Å²) in [6, 6.07) is 7.34. The summed E-state index contributed by atoms with van der Waals surface area (Å²) in [4.78, 5) is 12.3. The molecular weight excluding hydrogens is 258 g/mol. The van der Waals surface area contributed by atoms with Gasteiger partial charge in [-0.05, 0) is 49.3 Å². The number of carbonyl (C=O) groups is 1. The van der Waals surface area contributed by atoms with Crippen molar-refractivity contribution < 1.29 is 4.79 Å². The molecule has 1 saturated carbocycles. The molecule has 1 N–H and O–H groups in total. The third-order valence-electron chi connectivity index (χ3n) is 4.14. The van der Waals surface area contributed by atoms with Crippen molar-refractivity contribution in [3.05, 3.63) is 41.4 Å². The van der Waals surface area contributed by atoms with Crippen LogP contribution in [0.3, 0.4) is 0 Å². The zero-order chi connectivity index (χ0) is 13.2. The van der Waals surface area contributed by atoms with Gasteiger partial charge in [0.05, 0.1) is 0 Å². The molecule has 3 atom stereocenters. The second-order valence-electron chi connectivity index (χ2n) is 5.48. The van der Waals surface area contributed by atoms with Crippen molar-refractivity contribution in [1.29, 1.82) is 0 Å². The summed E-state index contributed by atoms with van der Waals surface area (Å²) in [5.41, 5.74) is 0.792. The topological polar surface area (TPSA) is 29.1 Å². The average molecular weight is 276 g/mol. The zero-order valence-corrected chi connectivity index (χ0v) is 11.6. The number of benzene rings is 1. The highest BCUT2D eigenvalue weighted by atomic mass is 35.5. The molecular formula is C16H18ClNO. The SMILES string of the molecule is O=C(Nc1cccc(Cl)c1)[C@@H]1[C@H]2/C=C\CCCC[C@H]21. The fourth-order valence-corrected chi connectivity index (χ4v) is 3.28. The van der Waals surface area contributed by atoms with Crippen molar-refractivity contribution in [2.75, 3.05) is 5.32 Å². The zero-order valence-electron chi connectivity index (χ0n) is 10.8. The minimum absolute atomic E-state index is 0.142. The van der Waals surface area contributed by atoms with Crippen LogP contribution < -0.4 is 5.32 Å². The van der Waals surface area contributed by atoms with E-state index in [4.69, 9.17) is 11.6 Å². The Bertz CT molecular complexity index is 511. The van der Waals surface area contributed by atoms with Crippen molar-refractivity contribution in [3.63, 3.8) is 0 Å². The summed E-state index contributed by atoms with van der Waals surface area (Å²) in [5, 5.41) is 3.64. The number of halogens is 1. The van der Waals surface area contributed by atoms with Crippen LogP contribution in [0.2, 0.25) is 5.02 Å². The molecule has 3 heteroatoms. The van der Waals surface area contributed by atoms with E-state index in [0.717, 1.165) is 12.1 Å². The fourth-order valence-electron chi connectivity index (χ4n) is 3.09. The number of rotatable bonds is 2. The maximum absolute atomic E-state index is 12.3. The van der Waals surface area contributed by atoms with Gasteiger partial charge in [-0.15, -0.1) is 0 Å². The Morgan fingerprint density at radius 2 is 2.21 bits per heavy atom. The molecule has 1 aromatic carbocycles. The van der Waals surface area contributed by atoms with Crippen LogP contribution in [0.1, 0.15) is 25.7 Å². The maximum atomic E-state index is 12.3. The molecule has 0 aromatic heterocycles. The van der Waals surface area contributed by atoms with Gasteiger partial charge in [0.2, 0.25) is 5.91 Å². The van der Waals surface area contributed by atoms with E-state index < -0.39 is 0 Å². The maximum Gasteiger partial charge on any atom is 0.228 e. The summed E-state index contributed by atoms with van der Waals surface area (Å²) < 4.78 is 0. The first-order valence-corrected chi connectivity index (χ1v) is 7.36. The van der Waals surface area contributed by atoms with E-state index in [9.17, 15) is 4.79 Å². The lowest BCUT2D eigenvalue weighted by Crippen LogP contribution is -2.15. The van der Waals surface area contributed by atoms with Crippen molar-refractivity contribution in [2.24, 2.45) is 17.8 Å². The van der Waals surface area contributed by atoms with E-state index in [2.05, 4.69) is 17.5 Å². The van der Waals surface area contributed by atoms with Crippen LogP contribution in [-0.4, -0.2) is 5.91 Å². The van der Waals surface area contributed by atoms with E-state index in [1.54, 1.807) is 6.07 Å². The van der Waals surface area contributed by atoms with Crippen molar-refractivity contribution >= 4 is 23.2 Å². The third kappa shape index (κ3) is 2.84. The van der Waals surface area contributed by atoms with Crippen LogP contribution in [0.5, 0.6) is 0 Å². The van der Waals surface area contributed by atoms with Crippen LogP contribution >= 0.6 is 11.6 Å². The van der Waals surface area contributed by atoms with Crippen LogP contribution in [-0.2, 0) is 4.79 Å². The third-order valence-corrected chi connectivity index (χ3v) is 4.38. The largest absolute Gasteiger partial charge is 0.326 e. The van der Waals surface area contributed by atoms with Gasteiger partial charge in [0, 0.05) is 16.6 Å². The number of allylic oxidation sites excluding steroid dienone is 2. The molecule has 0 spiro atoms. The molecule has 0 saturated heterocycles. The van der Waals surface area contributed by atoms with Gasteiger partial charge in [-0.2, -0.15) is 0 Å². The highest BCUT2D eigenvalue weighted by molar-refractivity contribution is 6.30. The molecule has 0 aliphatic heterocycles. The minimum Gasteiger partial charge on any atom is -0.326 e. The van der Waals surface area contributed by atoms with Gasteiger partial charge in [-0.1, -0.05) is 36.2 Å². The Balaban J connectivity index is 1.65. The van der Waals surface area contributed by atoms with Crippen LogP contribution in [0, 0.1) is 17.8 Å². The van der Waals surface area contributed by atoms with Crippen molar-refractivity contribution in [1.82, 2.24) is 0 Å². The quantitative estimate of drug-likeness (QED) is 0.803. The van der Waals surface area contributed by atoms with Gasteiger partial charge in [0.1, 0.15) is 0 Å². The summed E-state index contributed by atoms with van der Waals surface area (Å²) in [6.07, 6.45) is 9.32. The number of carbonyl (C=O) groups excluding carboxylic acids is 1. The Kier molecular flexibility index (Phi) is 3.61. The molecule has 2 aliphatic rings. The minimum atomic E-state index is 0.142. The lowest BCUT2D eigenvalue weighted by molar-refractivity contribution is -0.117. The Labute approximate surface area is 118 Å².